The molecule has 7 nitrogen and oxygen atoms in total. The molecule has 0 fully saturated rings. The Morgan fingerprint density at radius 3 is 2.67 bits per heavy atom. The molecule has 10 heteroatoms. The molecule has 2 aromatic heterocycles. The Kier molecular flexibility index (Phi) is 7.83. The summed E-state index contributed by atoms with van der Waals surface area (Å²) in [4.78, 5) is 43.1. The number of amides is 3. The summed E-state index contributed by atoms with van der Waals surface area (Å²) in [5.41, 5.74) is 1.46. The van der Waals surface area contributed by atoms with E-state index in [0.717, 1.165) is 14.6 Å². The first-order valence-electron chi connectivity index (χ1n) is 9.42. The Labute approximate surface area is 186 Å². The number of thiophene rings is 1. The summed E-state index contributed by atoms with van der Waals surface area (Å²) in [6.45, 7) is 5.23. The van der Waals surface area contributed by atoms with Crippen LogP contribution in [0.15, 0.2) is 40.1 Å². The number of nitrogens with one attached hydrogen (secondary N) is 2. The van der Waals surface area contributed by atoms with Gasteiger partial charge < -0.3 is 15.5 Å². The lowest BCUT2D eigenvalue weighted by molar-refractivity contribution is -0.128. The zero-order valence-electron chi connectivity index (χ0n) is 16.6. The first-order valence-corrected chi connectivity index (χ1v) is 12.1. The van der Waals surface area contributed by atoms with E-state index < -0.39 is 0 Å². The standard InChI is InChI=1S/C20H22N4O3S3/c1-3-24(4-2)18(26)12-29-20-23-14-8-7-13(10-16(14)30-20)22-17(25)11-21-19(27)15-6-5-9-28-15/h5-10H,3-4,11-12H2,1-2H3,(H,21,27)(H,22,25). The largest absolute Gasteiger partial charge is 0.343 e. The minimum atomic E-state index is -0.303. The van der Waals surface area contributed by atoms with Crippen LogP contribution in [0.4, 0.5) is 5.69 Å². The maximum Gasteiger partial charge on any atom is 0.261 e. The Morgan fingerprint density at radius 1 is 1.17 bits per heavy atom. The summed E-state index contributed by atoms with van der Waals surface area (Å²) in [7, 11) is 0. The summed E-state index contributed by atoms with van der Waals surface area (Å²) < 4.78 is 1.74. The predicted octanol–water partition coefficient (Wildman–Crippen LogP) is 3.69. The van der Waals surface area contributed by atoms with E-state index >= 15 is 0 Å². The van der Waals surface area contributed by atoms with E-state index in [2.05, 4.69) is 15.6 Å². The van der Waals surface area contributed by atoms with Crippen LogP contribution >= 0.6 is 34.4 Å². The molecule has 30 heavy (non-hydrogen) atoms. The molecule has 0 saturated heterocycles. The molecule has 2 N–H and O–H groups in total. The molecule has 2 heterocycles. The number of anilines is 1. The van der Waals surface area contributed by atoms with Gasteiger partial charge in [-0.25, -0.2) is 4.98 Å². The van der Waals surface area contributed by atoms with Gasteiger partial charge in [0.05, 0.1) is 27.4 Å². The quantitative estimate of drug-likeness (QED) is 0.473. The van der Waals surface area contributed by atoms with Gasteiger partial charge in [-0.2, -0.15) is 0 Å². The van der Waals surface area contributed by atoms with Gasteiger partial charge in [0.25, 0.3) is 5.91 Å². The molecule has 3 amide bonds. The molecular weight excluding hydrogens is 440 g/mol. The number of hydrogen-bond acceptors (Lipinski definition) is 7. The number of nitrogens with zero attached hydrogens (tertiary/aromatic N) is 2. The Bertz CT molecular complexity index is 1030. The van der Waals surface area contributed by atoms with Crippen molar-refractivity contribution in [1.82, 2.24) is 15.2 Å². The lowest BCUT2D eigenvalue weighted by Gasteiger charge is -2.17. The number of carbonyl (C=O) groups excluding carboxylic acids is 3. The Hall–Kier alpha value is -2.43. The molecule has 0 radical (unpaired) electrons. The minimum Gasteiger partial charge on any atom is -0.343 e. The number of rotatable bonds is 9. The fourth-order valence-electron chi connectivity index (χ4n) is 2.69. The summed E-state index contributed by atoms with van der Waals surface area (Å²) in [6, 6.07) is 8.96. The molecular formula is C20H22N4O3S3. The summed E-state index contributed by atoms with van der Waals surface area (Å²) in [5.74, 6) is -0.112. The molecule has 3 rings (SSSR count). The van der Waals surface area contributed by atoms with E-state index in [1.54, 1.807) is 23.1 Å². The van der Waals surface area contributed by atoms with Gasteiger partial charge in [-0.1, -0.05) is 17.8 Å². The first-order chi connectivity index (χ1) is 14.5. The van der Waals surface area contributed by atoms with E-state index in [0.29, 0.717) is 29.4 Å². The SMILES string of the molecule is CCN(CC)C(=O)CSc1nc2ccc(NC(=O)CNC(=O)c3cccs3)cc2s1. The average molecular weight is 463 g/mol. The van der Waals surface area contributed by atoms with Gasteiger partial charge in [-0.15, -0.1) is 22.7 Å². The van der Waals surface area contributed by atoms with Crippen molar-refractivity contribution >= 4 is 68.1 Å². The van der Waals surface area contributed by atoms with Crippen LogP contribution in [-0.4, -0.2) is 53.0 Å². The van der Waals surface area contributed by atoms with Crippen LogP contribution in [0.3, 0.4) is 0 Å². The third-order valence-corrected chi connectivity index (χ3v) is 7.26. The average Bonchev–Trinajstić information content (AvgIpc) is 3.41. The molecule has 0 atom stereocenters. The number of carbonyl (C=O) groups is 3. The van der Waals surface area contributed by atoms with Gasteiger partial charge in [-0.3, -0.25) is 14.4 Å². The second kappa shape index (κ2) is 10.6. The van der Waals surface area contributed by atoms with Crippen molar-refractivity contribution in [3.63, 3.8) is 0 Å². The molecule has 0 spiro atoms. The van der Waals surface area contributed by atoms with Crippen molar-refractivity contribution < 1.29 is 14.4 Å². The van der Waals surface area contributed by atoms with Crippen molar-refractivity contribution in [2.75, 3.05) is 30.7 Å². The van der Waals surface area contributed by atoms with Crippen LogP contribution in [0, 0.1) is 0 Å². The monoisotopic (exact) mass is 462 g/mol. The van der Waals surface area contributed by atoms with Gasteiger partial charge >= 0.3 is 0 Å². The van der Waals surface area contributed by atoms with Crippen LogP contribution in [-0.2, 0) is 9.59 Å². The lowest BCUT2D eigenvalue weighted by Crippen LogP contribution is -2.32. The van der Waals surface area contributed by atoms with Crippen molar-refractivity contribution in [2.45, 2.75) is 18.2 Å². The maximum absolute atomic E-state index is 12.2. The van der Waals surface area contributed by atoms with E-state index in [4.69, 9.17) is 0 Å². The van der Waals surface area contributed by atoms with Gasteiger partial charge in [0, 0.05) is 18.8 Å². The van der Waals surface area contributed by atoms with Crippen LogP contribution in [0.2, 0.25) is 0 Å². The van der Waals surface area contributed by atoms with Gasteiger partial charge in [0.1, 0.15) is 0 Å². The zero-order chi connectivity index (χ0) is 21.5. The molecule has 0 bridgehead atoms. The molecule has 1 aromatic carbocycles. The smallest absolute Gasteiger partial charge is 0.261 e. The second-order valence-corrected chi connectivity index (χ2v) is 9.43. The highest BCUT2D eigenvalue weighted by Crippen LogP contribution is 2.31. The van der Waals surface area contributed by atoms with Gasteiger partial charge in [0.15, 0.2) is 4.34 Å². The number of aromatic nitrogens is 1. The highest BCUT2D eigenvalue weighted by molar-refractivity contribution is 8.01. The van der Waals surface area contributed by atoms with Crippen LogP contribution in [0.25, 0.3) is 10.2 Å². The highest BCUT2D eigenvalue weighted by atomic mass is 32.2. The summed E-state index contributed by atoms with van der Waals surface area (Å²) in [5, 5.41) is 7.20. The van der Waals surface area contributed by atoms with Crippen LogP contribution in [0.1, 0.15) is 23.5 Å². The number of thiazole rings is 1. The fraction of sp³-hybridized carbons (Fsp3) is 0.300. The third-order valence-electron chi connectivity index (χ3n) is 4.24. The normalized spacial score (nSPS) is 10.7. The molecule has 3 aromatic rings. The minimum absolute atomic E-state index is 0.0989. The van der Waals surface area contributed by atoms with Crippen molar-refractivity contribution in [2.24, 2.45) is 0 Å². The van der Waals surface area contributed by atoms with Crippen LogP contribution < -0.4 is 10.6 Å². The summed E-state index contributed by atoms with van der Waals surface area (Å²) in [6.07, 6.45) is 0. The topological polar surface area (TPSA) is 91.4 Å². The van der Waals surface area contributed by atoms with Crippen LogP contribution in [0.5, 0.6) is 0 Å². The number of benzene rings is 1. The number of thioether (sulfide) groups is 1. The lowest BCUT2D eigenvalue weighted by atomic mass is 10.3. The number of fused-ring (bicyclic) bond motifs is 1. The van der Waals surface area contributed by atoms with Crippen molar-refractivity contribution in [3.05, 3.63) is 40.6 Å². The fourth-order valence-corrected chi connectivity index (χ4v) is 5.35. The van der Waals surface area contributed by atoms with E-state index in [1.807, 2.05) is 31.4 Å². The molecule has 158 valence electrons. The van der Waals surface area contributed by atoms with Crippen molar-refractivity contribution in [3.8, 4) is 0 Å². The Morgan fingerprint density at radius 2 is 1.97 bits per heavy atom. The molecule has 0 saturated carbocycles. The first kappa shape index (κ1) is 22.3. The van der Waals surface area contributed by atoms with E-state index in [9.17, 15) is 14.4 Å². The van der Waals surface area contributed by atoms with Gasteiger partial charge in [0.2, 0.25) is 11.8 Å². The zero-order valence-corrected chi connectivity index (χ0v) is 19.1. The number of hydrogen-bond donors (Lipinski definition) is 2. The van der Waals surface area contributed by atoms with E-state index in [1.165, 1.54) is 34.4 Å². The van der Waals surface area contributed by atoms with Gasteiger partial charge in [-0.05, 0) is 43.5 Å². The van der Waals surface area contributed by atoms with E-state index in [-0.39, 0.29) is 24.3 Å². The van der Waals surface area contributed by atoms with Crippen molar-refractivity contribution in [1.29, 1.82) is 0 Å². The summed E-state index contributed by atoms with van der Waals surface area (Å²) >= 11 is 4.24. The molecule has 0 aliphatic heterocycles. The Balaban J connectivity index is 1.55. The molecule has 0 aliphatic rings. The highest BCUT2D eigenvalue weighted by Gasteiger charge is 2.13. The second-order valence-electron chi connectivity index (χ2n) is 6.23. The maximum atomic E-state index is 12.2. The predicted molar refractivity (Wildman–Crippen MR) is 124 cm³/mol. The molecule has 0 unspecified atom stereocenters. The molecule has 0 aliphatic carbocycles. The third kappa shape index (κ3) is 5.80.